The Morgan fingerprint density at radius 3 is 2.65 bits per heavy atom. The van der Waals surface area contributed by atoms with Gasteiger partial charge in [0, 0.05) is 6.04 Å². The molecule has 20 heavy (non-hydrogen) atoms. The number of carbonyl (C=O) groups excluding carboxylic acids is 2. The Morgan fingerprint density at radius 2 is 2.00 bits per heavy atom. The first-order valence-corrected chi connectivity index (χ1v) is 6.74. The summed E-state index contributed by atoms with van der Waals surface area (Å²) in [7, 11) is 3.31. The maximum Gasteiger partial charge on any atom is 0.310 e. The number of carbonyl (C=O) groups is 2. The van der Waals surface area contributed by atoms with Gasteiger partial charge in [-0.05, 0) is 30.7 Å². The molecule has 4 heteroatoms. The zero-order valence-corrected chi connectivity index (χ0v) is 11.6. The molecule has 104 valence electrons. The van der Waals surface area contributed by atoms with Crippen molar-refractivity contribution in [1.82, 2.24) is 4.90 Å². The predicted octanol–water partition coefficient (Wildman–Crippen LogP) is 1.51. The highest BCUT2D eigenvalue weighted by Gasteiger charge is 2.50. The van der Waals surface area contributed by atoms with Crippen molar-refractivity contribution >= 4 is 17.3 Å². The maximum atomic E-state index is 12.2. The number of fused-ring (bicyclic) bond motifs is 2. The second-order valence-electron chi connectivity index (χ2n) is 5.36. The van der Waals surface area contributed by atoms with E-state index in [1.807, 2.05) is 42.3 Å². The van der Waals surface area contributed by atoms with Gasteiger partial charge in [-0.1, -0.05) is 30.3 Å². The average Bonchev–Trinajstić information content (AvgIpc) is 2.72. The van der Waals surface area contributed by atoms with E-state index in [4.69, 9.17) is 4.74 Å². The molecule has 0 amide bonds. The van der Waals surface area contributed by atoms with Crippen molar-refractivity contribution < 1.29 is 14.3 Å². The number of nitrogens with zero attached hydrogens (tertiary/aromatic N) is 1. The summed E-state index contributed by atoms with van der Waals surface area (Å²) >= 11 is 0. The van der Waals surface area contributed by atoms with E-state index < -0.39 is 0 Å². The van der Waals surface area contributed by atoms with Crippen molar-refractivity contribution in [3.05, 3.63) is 42.0 Å². The minimum absolute atomic E-state index is 0.0763. The van der Waals surface area contributed by atoms with Crippen molar-refractivity contribution in [2.24, 2.45) is 5.92 Å². The van der Waals surface area contributed by atoms with Gasteiger partial charge in [0.1, 0.15) is 0 Å². The lowest BCUT2D eigenvalue weighted by molar-refractivity contribution is -0.145. The summed E-state index contributed by atoms with van der Waals surface area (Å²) in [5, 5.41) is 0. The monoisotopic (exact) mass is 271 g/mol. The lowest BCUT2D eigenvalue weighted by Crippen LogP contribution is -2.43. The number of rotatable bonds is 2. The fourth-order valence-corrected chi connectivity index (χ4v) is 3.36. The molecule has 3 atom stereocenters. The first-order valence-electron chi connectivity index (χ1n) is 6.74. The zero-order valence-electron chi connectivity index (χ0n) is 11.6. The van der Waals surface area contributed by atoms with E-state index in [0.29, 0.717) is 6.42 Å². The van der Waals surface area contributed by atoms with E-state index in [-0.39, 0.29) is 29.8 Å². The van der Waals surface area contributed by atoms with Gasteiger partial charge in [0.05, 0.1) is 19.1 Å². The van der Waals surface area contributed by atoms with E-state index in [2.05, 4.69) is 0 Å². The maximum absolute atomic E-state index is 12.2. The lowest BCUT2D eigenvalue weighted by Gasteiger charge is -2.32. The molecule has 0 aromatic heterocycles. The topological polar surface area (TPSA) is 46.6 Å². The molecule has 0 radical (unpaired) electrons. The van der Waals surface area contributed by atoms with E-state index in [1.165, 1.54) is 7.11 Å². The number of ether oxygens (including phenoxy) is 1. The summed E-state index contributed by atoms with van der Waals surface area (Å²) in [6.07, 6.45) is 2.24. The van der Waals surface area contributed by atoms with Gasteiger partial charge in [-0.3, -0.25) is 14.5 Å². The van der Waals surface area contributed by atoms with Crippen molar-refractivity contribution in [3.8, 4) is 0 Å². The van der Waals surface area contributed by atoms with Crippen LogP contribution >= 0.6 is 0 Å². The Kier molecular flexibility index (Phi) is 3.18. The third kappa shape index (κ3) is 1.88. The SMILES string of the molecule is COC(=O)[C@@H]1CC2C(=O)C=C(c3ccccc3)C1N2C. The van der Waals surface area contributed by atoms with Crippen LogP contribution in [0.25, 0.3) is 5.57 Å². The van der Waals surface area contributed by atoms with Gasteiger partial charge in [0.2, 0.25) is 0 Å². The summed E-state index contributed by atoms with van der Waals surface area (Å²) in [5.41, 5.74) is 1.91. The molecule has 2 heterocycles. The Hall–Kier alpha value is -1.94. The van der Waals surface area contributed by atoms with Crippen molar-refractivity contribution in [2.75, 3.05) is 14.2 Å². The van der Waals surface area contributed by atoms with Crippen LogP contribution in [0.15, 0.2) is 36.4 Å². The summed E-state index contributed by atoms with van der Waals surface area (Å²) in [6, 6.07) is 9.49. The van der Waals surface area contributed by atoms with Crippen LogP contribution in [0.1, 0.15) is 12.0 Å². The van der Waals surface area contributed by atoms with Crippen LogP contribution in [0.3, 0.4) is 0 Å². The van der Waals surface area contributed by atoms with E-state index in [1.54, 1.807) is 6.08 Å². The molecule has 2 unspecified atom stereocenters. The van der Waals surface area contributed by atoms with Crippen molar-refractivity contribution in [2.45, 2.75) is 18.5 Å². The molecule has 1 saturated heterocycles. The van der Waals surface area contributed by atoms with Crippen LogP contribution in [0.4, 0.5) is 0 Å². The summed E-state index contributed by atoms with van der Waals surface area (Å²) in [5.74, 6) is -0.428. The van der Waals surface area contributed by atoms with Crippen LogP contribution in [-0.2, 0) is 14.3 Å². The van der Waals surface area contributed by atoms with Crippen molar-refractivity contribution in [1.29, 1.82) is 0 Å². The zero-order chi connectivity index (χ0) is 14.3. The van der Waals surface area contributed by atoms with Gasteiger partial charge >= 0.3 is 5.97 Å². The van der Waals surface area contributed by atoms with Crippen LogP contribution in [0.2, 0.25) is 0 Å². The van der Waals surface area contributed by atoms with Gasteiger partial charge in [-0.2, -0.15) is 0 Å². The molecule has 1 aromatic carbocycles. The third-order valence-corrected chi connectivity index (χ3v) is 4.34. The van der Waals surface area contributed by atoms with Gasteiger partial charge in [-0.25, -0.2) is 0 Å². The normalized spacial score (nSPS) is 29.2. The highest BCUT2D eigenvalue weighted by molar-refractivity contribution is 6.05. The van der Waals surface area contributed by atoms with E-state index >= 15 is 0 Å². The van der Waals surface area contributed by atoms with Crippen LogP contribution in [0, 0.1) is 5.92 Å². The number of esters is 1. The first-order chi connectivity index (χ1) is 9.63. The summed E-state index contributed by atoms with van der Waals surface area (Å²) in [4.78, 5) is 26.2. The molecule has 1 fully saturated rings. The molecule has 0 spiro atoms. The summed E-state index contributed by atoms with van der Waals surface area (Å²) < 4.78 is 4.91. The van der Waals surface area contributed by atoms with E-state index in [0.717, 1.165) is 11.1 Å². The Morgan fingerprint density at radius 1 is 1.30 bits per heavy atom. The number of hydrogen-bond acceptors (Lipinski definition) is 4. The standard InChI is InChI=1S/C16H17NO3/c1-17-13-8-12(16(19)20-2)15(17)11(9-14(13)18)10-6-4-3-5-7-10/h3-7,9,12-13,15H,8H2,1-2H3/t12-,13?,15?/m1/s1. The van der Waals surface area contributed by atoms with Crippen molar-refractivity contribution in [3.63, 3.8) is 0 Å². The van der Waals surface area contributed by atoms with Crippen LogP contribution < -0.4 is 0 Å². The first kappa shape index (κ1) is 13.1. The largest absolute Gasteiger partial charge is 0.469 e. The fraction of sp³-hybridized carbons (Fsp3) is 0.375. The second-order valence-corrected chi connectivity index (χ2v) is 5.36. The Bertz CT molecular complexity index is 579. The minimum Gasteiger partial charge on any atom is -0.469 e. The van der Waals surface area contributed by atoms with Gasteiger partial charge in [0.15, 0.2) is 5.78 Å². The fourth-order valence-electron chi connectivity index (χ4n) is 3.36. The number of hydrogen-bond donors (Lipinski definition) is 0. The smallest absolute Gasteiger partial charge is 0.310 e. The Balaban J connectivity index is 2.05. The molecule has 0 saturated carbocycles. The number of likely N-dealkylation sites (N-methyl/N-ethyl adjacent to an activating group) is 1. The number of benzene rings is 1. The molecule has 2 aliphatic heterocycles. The molecule has 2 aliphatic rings. The highest BCUT2D eigenvalue weighted by Crippen LogP contribution is 2.41. The molecule has 4 nitrogen and oxygen atoms in total. The molecule has 0 aliphatic carbocycles. The average molecular weight is 271 g/mol. The number of methoxy groups -OCH3 is 1. The van der Waals surface area contributed by atoms with Crippen LogP contribution in [-0.4, -0.2) is 42.9 Å². The lowest BCUT2D eigenvalue weighted by atomic mass is 9.89. The van der Waals surface area contributed by atoms with Gasteiger partial charge < -0.3 is 4.74 Å². The number of ketones is 1. The van der Waals surface area contributed by atoms with Gasteiger partial charge in [-0.15, -0.1) is 0 Å². The Labute approximate surface area is 118 Å². The van der Waals surface area contributed by atoms with Crippen LogP contribution in [0.5, 0.6) is 0 Å². The van der Waals surface area contributed by atoms with Gasteiger partial charge in [0.25, 0.3) is 0 Å². The quantitative estimate of drug-likeness (QED) is 0.765. The molecular formula is C16H17NO3. The minimum atomic E-state index is -0.270. The molecule has 0 N–H and O–H groups in total. The highest BCUT2D eigenvalue weighted by atomic mass is 16.5. The summed E-state index contributed by atoms with van der Waals surface area (Å²) in [6.45, 7) is 0. The molecule has 3 rings (SSSR count). The third-order valence-electron chi connectivity index (χ3n) is 4.34. The second kappa shape index (κ2) is 4.87. The molecule has 1 aromatic rings. The van der Waals surface area contributed by atoms with E-state index in [9.17, 15) is 9.59 Å². The molecular weight excluding hydrogens is 254 g/mol. The predicted molar refractivity (Wildman–Crippen MR) is 74.9 cm³/mol. The molecule has 2 bridgehead atoms.